The Morgan fingerprint density at radius 2 is 1.95 bits per heavy atom. The summed E-state index contributed by atoms with van der Waals surface area (Å²) >= 11 is 7.44. The first-order chi connectivity index (χ1) is 10.5. The molecule has 4 nitrogen and oxygen atoms in total. The molecule has 2 aromatic rings. The van der Waals surface area contributed by atoms with Crippen molar-refractivity contribution in [2.24, 2.45) is 0 Å². The number of carbonyl (C=O) groups is 2. The minimum Gasteiger partial charge on any atom is -0.481 e. The van der Waals surface area contributed by atoms with E-state index in [9.17, 15) is 9.59 Å². The highest BCUT2D eigenvalue weighted by Gasteiger charge is 2.18. The van der Waals surface area contributed by atoms with Crippen molar-refractivity contribution < 1.29 is 14.7 Å². The van der Waals surface area contributed by atoms with Crippen LogP contribution in [0.3, 0.4) is 0 Å². The molecule has 22 heavy (non-hydrogen) atoms. The second kappa shape index (κ2) is 7.96. The number of aliphatic carboxylic acids is 1. The molecule has 0 aliphatic rings. The van der Waals surface area contributed by atoms with Gasteiger partial charge >= 0.3 is 5.97 Å². The number of hydrogen-bond acceptors (Lipinski definition) is 3. The maximum atomic E-state index is 12.0. The van der Waals surface area contributed by atoms with Crippen molar-refractivity contribution in [3.63, 3.8) is 0 Å². The lowest BCUT2D eigenvalue weighted by Gasteiger charge is -2.17. The summed E-state index contributed by atoms with van der Waals surface area (Å²) in [7, 11) is 0. The van der Waals surface area contributed by atoms with E-state index in [4.69, 9.17) is 16.7 Å². The molecule has 0 bridgehead atoms. The van der Waals surface area contributed by atoms with E-state index in [1.54, 1.807) is 35.6 Å². The third kappa shape index (κ3) is 5.16. The third-order valence-corrected chi connectivity index (χ3v) is 4.35. The molecular weight excluding hydrogens is 322 g/mol. The summed E-state index contributed by atoms with van der Waals surface area (Å²) in [6.45, 7) is 0. The van der Waals surface area contributed by atoms with Gasteiger partial charge in [0.25, 0.3) is 0 Å². The second-order valence-electron chi connectivity index (χ2n) is 4.85. The molecule has 116 valence electrons. The fourth-order valence-corrected chi connectivity index (χ4v) is 2.91. The van der Waals surface area contributed by atoms with E-state index in [0.29, 0.717) is 17.9 Å². The number of carbonyl (C=O) groups excluding carboxylic acids is 1. The van der Waals surface area contributed by atoms with E-state index in [2.05, 4.69) is 5.32 Å². The average molecular weight is 338 g/mol. The zero-order valence-electron chi connectivity index (χ0n) is 11.8. The molecule has 2 N–H and O–H groups in total. The largest absolute Gasteiger partial charge is 0.481 e. The monoisotopic (exact) mass is 337 g/mol. The molecule has 1 atom stereocenters. The lowest BCUT2D eigenvalue weighted by Crippen LogP contribution is -2.30. The lowest BCUT2D eigenvalue weighted by atomic mass is 10.0. The molecule has 0 spiro atoms. The number of benzene rings is 1. The molecule has 0 aliphatic heterocycles. The van der Waals surface area contributed by atoms with Crippen molar-refractivity contribution in [1.29, 1.82) is 0 Å². The van der Waals surface area contributed by atoms with E-state index in [1.807, 2.05) is 17.5 Å². The van der Waals surface area contributed by atoms with Gasteiger partial charge in [0.05, 0.1) is 12.5 Å². The normalized spacial score (nSPS) is 11.9. The third-order valence-electron chi connectivity index (χ3n) is 3.16. The van der Waals surface area contributed by atoms with Gasteiger partial charge in [-0.3, -0.25) is 9.59 Å². The van der Waals surface area contributed by atoms with Crippen LogP contribution in [0.1, 0.15) is 29.3 Å². The summed E-state index contributed by atoms with van der Waals surface area (Å²) in [4.78, 5) is 24.2. The Bertz CT molecular complexity index is 625. The quantitative estimate of drug-likeness (QED) is 0.810. The Kier molecular flexibility index (Phi) is 5.98. The molecule has 2 rings (SSSR count). The predicted molar refractivity (Wildman–Crippen MR) is 87.2 cm³/mol. The summed E-state index contributed by atoms with van der Waals surface area (Å²) in [5.41, 5.74) is 0.733. The summed E-state index contributed by atoms with van der Waals surface area (Å²) in [6.07, 6.45) is 0.834. The first-order valence-corrected chi connectivity index (χ1v) is 8.09. The molecule has 1 aromatic heterocycles. The predicted octanol–water partition coefficient (Wildman–Crippen LogP) is 3.67. The number of halogens is 1. The molecule has 1 heterocycles. The van der Waals surface area contributed by atoms with Crippen LogP contribution >= 0.6 is 22.9 Å². The van der Waals surface area contributed by atoms with Crippen LogP contribution in [-0.4, -0.2) is 17.0 Å². The van der Waals surface area contributed by atoms with Crippen LogP contribution in [0.2, 0.25) is 5.02 Å². The Morgan fingerprint density at radius 1 is 1.23 bits per heavy atom. The van der Waals surface area contributed by atoms with Gasteiger partial charge in [0, 0.05) is 16.3 Å². The number of nitrogens with one attached hydrogen (secondary N) is 1. The molecule has 0 unspecified atom stereocenters. The van der Waals surface area contributed by atoms with Crippen molar-refractivity contribution >= 4 is 34.8 Å². The highest BCUT2D eigenvalue weighted by Crippen LogP contribution is 2.20. The zero-order valence-corrected chi connectivity index (χ0v) is 13.4. The van der Waals surface area contributed by atoms with Crippen LogP contribution in [-0.2, 0) is 16.0 Å². The van der Waals surface area contributed by atoms with Gasteiger partial charge in [-0.05, 0) is 35.6 Å². The van der Waals surface area contributed by atoms with Gasteiger partial charge in [0.1, 0.15) is 0 Å². The number of rotatable bonds is 7. The molecule has 1 aromatic carbocycles. The number of carboxylic acids is 1. The molecule has 0 radical (unpaired) electrons. The maximum absolute atomic E-state index is 12.0. The maximum Gasteiger partial charge on any atom is 0.305 e. The van der Waals surface area contributed by atoms with Crippen molar-refractivity contribution in [3.8, 4) is 0 Å². The molecule has 0 aliphatic carbocycles. The number of carboxylic acid groups (broad SMARTS) is 1. The van der Waals surface area contributed by atoms with Crippen molar-refractivity contribution in [3.05, 3.63) is 57.2 Å². The van der Waals surface area contributed by atoms with Crippen LogP contribution < -0.4 is 5.32 Å². The highest BCUT2D eigenvalue weighted by atomic mass is 35.5. The Labute approximate surface area is 137 Å². The smallest absolute Gasteiger partial charge is 0.305 e. The fraction of sp³-hybridized carbons (Fsp3) is 0.250. The van der Waals surface area contributed by atoms with Gasteiger partial charge < -0.3 is 10.4 Å². The Hall–Kier alpha value is -1.85. The van der Waals surface area contributed by atoms with E-state index < -0.39 is 12.0 Å². The van der Waals surface area contributed by atoms with Gasteiger partial charge in [-0.1, -0.05) is 29.8 Å². The summed E-state index contributed by atoms with van der Waals surface area (Å²) in [6, 6.07) is 10.2. The van der Waals surface area contributed by atoms with Crippen molar-refractivity contribution in [2.75, 3.05) is 0 Å². The Balaban J connectivity index is 1.98. The molecular formula is C16H16ClNO3S. The van der Waals surface area contributed by atoms with E-state index in [0.717, 1.165) is 10.4 Å². The van der Waals surface area contributed by atoms with E-state index in [-0.39, 0.29) is 12.3 Å². The van der Waals surface area contributed by atoms with E-state index in [1.165, 1.54) is 0 Å². The second-order valence-corrected chi connectivity index (χ2v) is 6.32. The first-order valence-electron chi connectivity index (χ1n) is 6.83. The van der Waals surface area contributed by atoms with Gasteiger partial charge in [-0.2, -0.15) is 0 Å². The van der Waals surface area contributed by atoms with Crippen molar-refractivity contribution in [1.82, 2.24) is 5.32 Å². The number of aryl methyl sites for hydroxylation is 1. The SMILES string of the molecule is O=C(O)C[C@H](NC(=O)CCc1cccs1)c1ccc(Cl)cc1. The molecule has 1 amide bonds. The van der Waals surface area contributed by atoms with Crippen LogP contribution in [0.15, 0.2) is 41.8 Å². The van der Waals surface area contributed by atoms with Crippen LogP contribution in [0.25, 0.3) is 0 Å². The van der Waals surface area contributed by atoms with Crippen LogP contribution in [0.5, 0.6) is 0 Å². The standard InChI is InChI=1S/C16H16ClNO3S/c17-12-5-3-11(4-6-12)14(10-16(20)21)18-15(19)8-7-13-2-1-9-22-13/h1-6,9,14H,7-8,10H2,(H,18,19)(H,20,21)/t14-/m0/s1. The summed E-state index contributed by atoms with van der Waals surface area (Å²) in [5, 5.41) is 14.3. The number of amides is 1. The number of thiophene rings is 1. The Morgan fingerprint density at radius 3 is 2.55 bits per heavy atom. The van der Waals surface area contributed by atoms with E-state index >= 15 is 0 Å². The summed E-state index contributed by atoms with van der Waals surface area (Å²) in [5.74, 6) is -1.12. The molecule has 6 heteroatoms. The van der Waals surface area contributed by atoms with Crippen LogP contribution in [0, 0.1) is 0 Å². The highest BCUT2D eigenvalue weighted by molar-refractivity contribution is 7.09. The van der Waals surface area contributed by atoms with Gasteiger partial charge in [0.15, 0.2) is 0 Å². The lowest BCUT2D eigenvalue weighted by molar-refractivity contribution is -0.137. The van der Waals surface area contributed by atoms with Crippen LogP contribution in [0.4, 0.5) is 0 Å². The van der Waals surface area contributed by atoms with Gasteiger partial charge in [0.2, 0.25) is 5.91 Å². The fourth-order valence-electron chi connectivity index (χ4n) is 2.08. The number of hydrogen-bond donors (Lipinski definition) is 2. The van der Waals surface area contributed by atoms with Crippen molar-refractivity contribution in [2.45, 2.75) is 25.3 Å². The zero-order chi connectivity index (χ0) is 15.9. The van der Waals surface area contributed by atoms with Gasteiger partial charge in [-0.15, -0.1) is 11.3 Å². The molecule has 0 saturated carbocycles. The van der Waals surface area contributed by atoms with Gasteiger partial charge in [-0.25, -0.2) is 0 Å². The topological polar surface area (TPSA) is 66.4 Å². The minimum atomic E-state index is -0.960. The molecule has 0 saturated heterocycles. The summed E-state index contributed by atoms with van der Waals surface area (Å²) < 4.78 is 0. The first kappa shape index (κ1) is 16.5. The average Bonchev–Trinajstić information content (AvgIpc) is 2.98. The molecule has 0 fully saturated rings. The minimum absolute atomic E-state index is 0.158.